The van der Waals surface area contributed by atoms with Crippen LogP contribution in [-0.2, 0) is 4.79 Å². The summed E-state index contributed by atoms with van der Waals surface area (Å²) in [5.41, 5.74) is 0.567. The molecule has 1 aromatic rings. The summed E-state index contributed by atoms with van der Waals surface area (Å²) in [5, 5.41) is 2.83. The molecule has 2 aliphatic rings. The maximum Gasteiger partial charge on any atom is 0.227 e. The van der Waals surface area contributed by atoms with Gasteiger partial charge in [0.1, 0.15) is 5.82 Å². The quantitative estimate of drug-likeness (QED) is 0.835. The van der Waals surface area contributed by atoms with Crippen LogP contribution < -0.4 is 5.32 Å². The highest BCUT2D eigenvalue weighted by molar-refractivity contribution is 5.93. The van der Waals surface area contributed by atoms with Gasteiger partial charge in [0.05, 0.1) is 0 Å². The molecule has 3 rings (SSSR count). The third kappa shape index (κ3) is 2.06. The smallest absolute Gasteiger partial charge is 0.227 e. The molecule has 2 nitrogen and oxygen atoms in total. The number of anilines is 1. The Labute approximate surface area is 100 Å². The van der Waals surface area contributed by atoms with Crippen molar-refractivity contribution < 1.29 is 9.18 Å². The molecule has 17 heavy (non-hydrogen) atoms. The van der Waals surface area contributed by atoms with Crippen molar-refractivity contribution in [1.29, 1.82) is 0 Å². The molecule has 0 saturated heterocycles. The molecule has 3 heteroatoms. The van der Waals surface area contributed by atoms with E-state index in [1.54, 1.807) is 12.1 Å². The van der Waals surface area contributed by atoms with Crippen molar-refractivity contribution in [3.8, 4) is 0 Å². The Morgan fingerprint density at radius 1 is 1.29 bits per heavy atom. The van der Waals surface area contributed by atoms with E-state index >= 15 is 0 Å². The second-order valence-corrected chi connectivity index (χ2v) is 5.28. The van der Waals surface area contributed by atoms with Crippen molar-refractivity contribution in [2.24, 2.45) is 17.8 Å². The van der Waals surface area contributed by atoms with Gasteiger partial charge >= 0.3 is 0 Å². The van der Waals surface area contributed by atoms with Crippen LogP contribution in [0, 0.1) is 23.6 Å². The Balaban J connectivity index is 1.68. The van der Waals surface area contributed by atoms with E-state index in [2.05, 4.69) is 5.32 Å². The summed E-state index contributed by atoms with van der Waals surface area (Å²) in [6.45, 7) is 0. The largest absolute Gasteiger partial charge is 0.326 e. The van der Waals surface area contributed by atoms with Crippen LogP contribution >= 0.6 is 0 Å². The minimum atomic E-state index is -0.309. The lowest BCUT2D eigenvalue weighted by Crippen LogP contribution is -2.27. The van der Waals surface area contributed by atoms with E-state index < -0.39 is 0 Å². The lowest BCUT2D eigenvalue weighted by Gasteiger charge is -2.20. The highest BCUT2D eigenvalue weighted by atomic mass is 19.1. The van der Waals surface area contributed by atoms with Crippen LogP contribution in [0.1, 0.15) is 25.7 Å². The Morgan fingerprint density at radius 2 is 2.18 bits per heavy atom. The van der Waals surface area contributed by atoms with Gasteiger partial charge < -0.3 is 5.32 Å². The SMILES string of the molecule is O=C(Nc1cccc(F)c1)C1CC2CCC1C2. The third-order valence-corrected chi connectivity index (χ3v) is 4.17. The first-order chi connectivity index (χ1) is 8.22. The van der Waals surface area contributed by atoms with E-state index in [-0.39, 0.29) is 17.6 Å². The van der Waals surface area contributed by atoms with Crippen LogP contribution in [0.3, 0.4) is 0 Å². The van der Waals surface area contributed by atoms with Crippen LogP contribution in [0.4, 0.5) is 10.1 Å². The predicted octanol–water partition coefficient (Wildman–Crippen LogP) is 3.20. The number of fused-ring (bicyclic) bond motifs is 2. The Bertz CT molecular complexity index is 446. The summed E-state index contributed by atoms with van der Waals surface area (Å²) >= 11 is 0. The molecule has 2 saturated carbocycles. The molecule has 1 aromatic carbocycles. The summed E-state index contributed by atoms with van der Waals surface area (Å²) in [5.74, 6) is 1.23. The number of nitrogens with one attached hydrogen (secondary N) is 1. The monoisotopic (exact) mass is 233 g/mol. The van der Waals surface area contributed by atoms with Gasteiger partial charge in [-0.15, -0.1) is 0 Å². The van der Waals surface area contributed by atoms with Crippen molar-refractivity contribution in [2.75, 3.05) is 5.32 Å². The first-order valence-electron chi connectivity index (χ1n) is 6.29. The van der Waals surface area contributed by atoms with E-state index in [1.165, 1.54) is 31.4 Å². The summed E-state index contributed by atoms with van der Waals surface area (Å²) < 4.78 is 13.0. The molecule has 1 N–H and O–H groups in total. The maximum atomic E-state index is 13.0. The predicted molar refractivity (Wildman–Crippen MR) is 64.0 cm³/mol. The van der Waals surface area contributed by atoms with E-state index in [1.807, 2.05) is 0 Å². The average molecular weight is 233 g/mol. The molecule has 3 unspecified atom stereocenters. The van der Waals surface area contributed by atoms with E-state index in [9.17, 15) is 9.18 Å². The first-order valence-corrected chi connectivity index (χ1v) is 6.29. The zero-order valence-electron chi connectivity index (χ0n) is 9.66. The number of amides is 1. The normalized spacial score (nSPS) is 30.5. The van der Waals surface area contributed by atoms with Gasteiger partial charge in [0, 0.05) is 11.6 Å². The highest BCUT2D eigenvalue weighted by Gasteiger charge is 2.42. The van der Waals surface area contributed by atoms with Crippen LogP contribution in [0.5, 0.6) is 0 Å². The molecular formula is C14H16FNO. The van der Waals surface area contributed by atoms with E-state index in [0.29, 0.717) is 11.6 Å². The molecule has 2 bridgehead atoms. The summed E-state index contributed by atoms with van der Waals surface area (Å²) in [7, 11) is 0. The minimum absolute atomic E-state index is 0.0720. The molecule has 3 atom stereocenters. The van der Waals surface area contributed by atoms with E-state index in [0.717, 1.165) is 12.3 Å². The fraction of sp³-hybridized carbons (Fsp3) is 0.500. The lowest BCUT2D eigenvalue weighted by atomic mass is 9.88. The highest BCUT2D eigenvalue weighted by Crippen LogP contribution is 2.48. The molecule has 0 heterocycles. The summed E-state index contributed by atoms with van der Waals surface area (Å²) in [6.07, 6.45) is 4.70. The molecule has 1 amide bonds. The Kier molecular flexibility index (Phi) is 2.61. The Morgan fingerprint density at radius 3 is 2.82 bits per heavy atom. The van der Waals surface area contributed by atoms with E-state index in [4.69, 9.17) is 0 Å². The summed E-state index contributed by atoms with van der Waals surface area (Å²) in [6, 6.07) is 6.10. The number of hydrogen-bond donors (Lipinski definition) is 1. The fourth-order valence-electron chi connectivity index (χ4n) is 3.37. The Hall–Kier alpha value is -1.38. The van der Waals surface area contributed by atoms with Crippen molar-refractivity contribution in [1.82, 2.24) is 0 Å². The van der Waals surface area contributed by atoms with Crippen molar-refractivity contribution in [3.05, 3.63) is 30.1 Å². The molecule has 90 valence electrons. The van der Waals surface area contributed by atoms with Gasteiger partial charge in [-0.05, 0) is 49.3 Å². The van der Waals surface area contributed by atoms with Gasteiger partial charge in [-0.2, -0.15) is 0 Å². The van der Waals surface area contributed by atoms with Crippen LogP contribution in [0.2, 0.25) is 0 Å². The van der Waals surface area contributed by atoms with Gasteiger partial charge in [0.25, 0.3) is 0 Å². The molecular weight excluding hydrogens is 217 g/mol. The molecule has 2 aliphatic carbocycles. The number of carbonyl (C=O) groups is 1. The number of halogens is 1. The van der Waals surface area contributed by atoms with Crippen LogP contribution in [0.25, 0.3) is 0 Å². The molecule has 0 aromatic heterocycles. The lowest BCUT2D eigenvalue weighted by molar-refractivity contribution is -0.121. The molecule has 0 aliphatic heterocycles. The average Bonchev–Trinajstić information content (AvgIpc) is 2.90. The van der Waals surface area contributed by atoms with Gasteiger partial charge in [-0.25, -0.2) is 4.39 Å². The van der Waals surface area contributed by atoms with Gasteiger partial charge in [0.2, 0.25) is 5.91 Å². The van der Waals surface area contributed by atoms with Gasteiger partial charge in [-0.3, -0.25) is 4.79 Å². The van der Waals surface area contributed by atoms with Gasteiger partial charge in [0.15, 0.2) is 0 Å². The van der Waals surface area contributed by atoms with Crippen LogP contribution in [-0.4, -0.2) is 5.91 Å². The molecule has 0 radical (unpaired) electrons. The van der Waals surface area contributed by atoms with Crippen molar-refractivity contribution in [2.45, 2.75) is 25.7 Å². The second kappa shape index (κ2) is 4.13. The molecule has 0 spiro atoms. The number of carbonyl (C=O) groups excluding carboxylic acids is 1. The fourth-order valence-corrected chi connectivity index (χ4v) is 3.37. The topological polar surface area (TPSA) is 29.1 Å². The van der Waals surface area contributed by atoms with Crippen molar-refractivity contribution >= 4 is 11.6 Å². The first kappa shape index (κ1) is 10.8. The third-order valence-electron chi connectivity index (χ3n) is 4.17. The second-order valence-electron chi connectivity index (χ2n) is 5.28. The van der Waals surface area contributed by atoms with Gasteiger partial charge in [-0.1, -0.05) is 12.5 Å². The standard InChI is InChI=1S/C14H16FNO/c15-11-2-1-3-12(8-11)16-14(17)13-7-9-4-5-10(13)6-9/h1-3,8-10,13H,4-7H2,(H,16,17). The minimum Gasteiger partial charge on any atom is -0.326 e. The summed E-state index contributed by atoms with van der Waals surface area (Å²) in [4.78, 5) is 12.1. The maximum absolute atomic E-state index is 13.0. The zero-order valence-corrected chi connectivity index (χ0v) is 9.66. The number of rotatable bonds is 2. The van der Waals surface area contributed by atoms with Crippen LogP contribution in [0.15, 0.2) is 24.3 Å². The molecule has 2 fully saturated rings. The zero-order chi connectivity index (χ0) is 11.8. The number of benzene rings is 1. The van der Waals surface area contributed by atoms with Crippen molar-refractivity contribution in [3.63, 3.8) is 0 Å². The number of hydrogen-bond acceptors (Lipinski definition) is 1.